The number of hydrogen-bond acceptors (Lipinski definition) is 2. The van der Waals surface area contributed by atoms with Gasteiger partial charge in [-0.3, -0.25) is 4.79 Å². The smallest absolute Gasteiger partial charge is 0.191 e. The average molecular weight is 202 g/mol. The Morgan fingerprint density at radius 3 is 2.80 bits per heavy atom. The van der Waals surface area contributed by atoms with Gasteiger partial charge in [0.25, 0.3) is 0 Å². The quantitative estimate of drug-likeness (QED) is 0.709. The van der Waals surface area contributed by atoms with Crippen LogP contribution in [0.4, 0.5) is 0 Å². The molecule has 0 aliphatic carbocycles. The molecule has 0 unspecified atom stereocenters. The summed E-state index contributed by atoms with van der Waals surface area (Å²) in [6, 6.07) is 5.31. The lowest BCUT2D eigenvalue weighted by Gasteiger charge is -2.13. The molecule has 0 atom stereocenters. The van der Waals surface area contributed by atoms with E-state index in [9.17, 15) is 4.79 Å². The third-order valence-electron chi connectivity index (χ3n) is 2.63. The van der Waals surface area contributed by atoms with Crippen LogP contribution in [-0.4, -0.2) is 9.55 Å². The van der Waals surface area contributed by atoms with Gasteiger partial charge in [0.1, 0.15) is 5.65 Å². The monoisotopic (exact) mass is 202 g/mol. The maximum absolute atomic E-state index is 11.8. The van der Waals surface area contributed by atoms with Gasteiger partial charge in [-0.2, -0.15) is 0 Å². The minimum Gasteiger partial charge on any atom is -0.332 e. The highest BCUT2D eigenvalue weighted by Crippen LogP contribution is 2.15. The van der Waals surface area contributed by atoms with Crippen molar-refractivity contribution in [2.45, 2.75) is 19.8 Å². The van der Waals surface area contributed by atoms with Gasteiger partial charge in [-0.15, -0.1) is 0 Å². The third-order valence-corrected chi connectivity index (χ3v) is 2.63. The van der Waals surface area contributed by atoms with E-state index in [1.807, 2.05) is 17.7 Å². The van der Waals surface area contributed by atoms with Crippen LogP contribution in [0.1, 0.15) is 25.5 Å². The van der Waals surface area contributed by atoms with E-state index in [0.717, 1.165) is 11.3 Å². The van der Waals surface area contributed by atoms with Crippen molar-refractivity contribution in [2.75, 3.05) is 0 Å². The molecule has 78 valence electrons. The Morgan fingerprint density at radius 2 is 2.13 bits per heavy atom. The molecule has 0 N–H and O–H groups in total. The summed E-state index contributed by atoms with van der Waals surface area (Å²) in [6.45, 7) is 4.15. The van der Waals surface area contributed by atoms with E-state index in [4.69, 9.17) is 0 Å². The summed E-state index contributed by atoms with van der Waals surface area (Å²) in [5.74, 6) is 0.328. The fraction of sp³-hybridized carbons (Fsp3) is 0.333. The van der Waals surface area contributed by atoms with Gasteiger partial charge in [-0.1, -0.05) is 13.8 Å². The van der Waals surface area contributed by atoms with Crippen LogP contribution in [-0.2, 0) is 7.05 Å². The Kier molecular flexibility index (Phi) is 2.31. The van der Waals surface area contributed by atoms with Crippen molar-refractivity contribution in [1.29, 1.82) is 0 Å². The first-order valence-electron chi connectivity index (χ1n) is 5.06. The maximum Gasteiger partial charge on any atom is 0.191 e. The summed E-state index contributed by atoms with van der Waals surface area (Å²) < 4.78 is 1.99. The summed E-state index contributed by atoms with van der Waals surface area (Å²) in [4.78, 5) is 16.1. The Morgan fingerprint density at radius 1 is 1.40 bits per heavy atom. The fourth-order valence-corrected chi connectivity index (χ4v) is 1.84. The number of hydrogen-bond donors (Lipinski definition) is 0. The first-order chi connectivity index (χ1) is 7.11. The van der Waals surface area contributed by atoms with E-state index in [0.29, 0.717) is 11.3 Å². The zero-order valence-electron chi connectivity index (χ0n) is 9.19. The van der Waals surface area contributed by atoms with Crippen LogP contribution < -0.4 is 5.43 Å². The standard InChI is InChI=1S/C12H14N2O/c1-8(2)10-7-11(15)9-5-4-6-13-12(9)14(10)3/h4-8H,1-3H3. The highest BCUT2D eigenvalue weighted by molar-refractivity contribution is 5.74. The topological polar surface area (TPSA) is 34.9 Å². The Balaban J connectivity index is 2.91. The molecule has 2 rings (SSSR count). The molecular weight excluding hydrogens is 188 g/mol. The molecule has 2 aromatic rings. The maximum atomic E-state index is 11.8. The predicted octanol–water partition coefficient (Wildman–Crippen LogP) is 2.06. The van der Waals surface area contributed by atoms with Crippen molar-refractivity contribution in [2.24, 2.45) is 7.05 Å². The van der Waals surface area contributed by atoms with Gasteiger partial charge < -0.3 is 4.57 Å². The van der Waals surface area contributed by atoms with Gasteiger partial charge in [0, 0.05) is 25.0 Å². The van der Waals surface area contributed by atoms with Crippen LogP contribution in [0.5, 0.6) is 0 Å². The molecule has 0 fully saturated rings. The normalized spacial score (nSPS) is 11.2. The van der Waals surface area contributed by atoms with Gasteiger partial charge in [0.2, 0.25) is 0 Å². The van der Waals surface area contributed by atoms with E-state index >= 15 is 0 Å². The van der Waals surface area contributed by atoms with Gasteiger partial charge >= 0.3 is 0 Å². The molecule has 0 radical (unpaired) electrons. The van der Waals surface area contributed by atoms with E-state index in [-0.39, 0.29) is 5.43 Å². The van der Waals surface area contributed by atoms with E-state index < -0.39 is 0 Å². The number of rotatable bonds is 1. The molecule has 3 heteroatoms. The molecule has 0 aliphatic heterocycles. The van der Waals surface area contributed by atoms with Crippen molar-refractivity contribution in [3.05, 3.63) is 40.3 Å². The SMILES string of the molecule is CC(C)c1cc(=O)c2cccnc2n1C. The van der Waals surface area contributed by atoms with Crippen LogP contribution >= 0.6 is 0 Å². The molecule has 15 heavy (non-hydrogen) atoms. The van der Waals surface area contributed by atoms with E-state index in [2.05, 4.69) is 18.8 Å². The molecular formula is C12H14N2O. The second kappa shape index (κ2) is 3.50. The molecule has 2 aromatic heterocycles. The van der Waals surface area contributed by atoms with Crippen molar-refractivity contribution in [1.82, 2.24) is 9.55 Å². The van der Waals surface area contributed by atoms with Crippen LogP contribution in [0.3, 0.4) is 0 Å². The number of aryl methyl sites for hydroxylation is 1. The summed E-state index contributed by atoms with van der Waals surface area (Å²) in [5.41, 5.74) is 1.83. The van der Waals surface area contributed by atoms with Crippen molar-refractivity contribution < 1.29 is 0 Å². The van der Waals surface area contributed by atoms with Crippen molar-refractivity contribution >= 4 is 11.0 Å². The van der Waals surface area contributed by atoms with E-state index in [1.165, 1.54) is 0 Å². The van der Waals surface area contributed by atoms with Gasteiger partial charge in [0.05, 0.1) is 5.39 Å². The largest absolute Gasteiger partial charge is 0.332 e. The Hall–Kier alpha value is -1.64. The van der Waals surface area contributed by atoms with Crippen molar-refractivity contribution in [3.8, 4) is 0 Å². The summed E-state index contributed by atoms with van der Waals surface area (Å²) in [7, 11) is 1.95. The molecule has 0 saturated carbocycles. The lowest BCUT2D eigenvalue weighted by Crippen LogP contribution is -2.13. The number of aromatic nitrogens is 2. The van der Waals surface area contributed by atoms with E-state index in [1.54, 1.807) is 18.3 Å². The second-order valence-electron chi connectivity index (χ2n) is 4.02. The first kappa shape index (κ1) is 9.90. The fourth-order valence-electron chi connectivity index (χ4n) is 1.84. The number of fused-ring (bicyclic) bond motifs is 1. The predicted molar refractivity (Wildman–Crippen MR) is 61.1 cm³/mol. The second-order valence-corrected chi connectivity index (χ2v) is 4.02. The molecule has 0 saturated heterocycles. The first-order valence-corrected chi connectivity index (χ1v) is 5.06. The van der Waals surface area contributed by atoms with Crippen LogP contribution in [0.2, 0.25) is 0 Å². The van der Waals surface area contributed by atoms with Crippen molar-refractivity contribution in [3.63, 3.8) is 0 Å². The zero-order chi connectivity index (χ0) is 11.0. The minimum absolute atomic E-state index is 0.0555. The van der Waals surface area contributed by atoms with Crippen LogP contribution in [0.15, 0.2) is 29.2 Å². The Labute approximate surface area is 88.4 Å². The molecule has 0 aromatic carbocycles. The van der Waals surface area contributed by atoms with Gasteiger partial charge in [-0.25, -0.2) is 4.98 Å². The molecule has 0 amide bonds. The molecule has 3 nitrogen and oxygen atoms in total. The molecule has 0 bridgehead atoms. The summed E-state index contributed by atoms with van der Waals surface area (Å²) in [5, 5.41) is 0.685. The molecule has 0 spiro atoms. The van der Waals surface area contributed by atoms with Gasteiger partial charge in [-0.05, 0) is 18.1 Å². The summed E-state index contributed by atoms with van der Waals surface area (Å²) >= 11 is 0. The van der Waals surface area contributed by atoms with Crippen LogP contribution in [0.25, 0.3) is 11.0 Å². The highest BCUT2D eigenvalue weighted by atomic mass is 16.1. The molecule has 2 heterocycles. The lowest BCUT2D eigenvalue weighted by molar-refractivity contribution is 0.737. The zero-order valence-corrected chi connectivity index (χ0v) is 9.19. The third kappa shape index (κ3) is 1.54. The number of nitrogens with zero attached hydrogens (tertiary/aromatic N) is 2. The minimum atomic E-state index is 0.0555. The van der Waals surface area contributed by atoms with Gasteiger partial charge in [0.15, 0.2) is 5.43 Å². The lowest BCUT2D eigenvalue weighted by atomic mass is 10.1. The molecule has 0 aliphatic rings. The van der Waals surface area contributed by atoms with Crippen LogP contribution in [0, 0.1) is 0 Å². The highest BCUT2D eigenvalue weighted by Gasteiger charge is 2.09. The average Bonchev–Trinajstić information content (AvgIpc) is 2.23. The number of pyridine rings is 2. The Bertz CT molecular complexity index is 555. The summed E-state index contributed by atoms with van der Waals surface area (Å²) in [6.07, 6.45) is 1.71.